The Labute approximate surface area is 121 Å². The molecular formula is C14H13N3O3S. The number of aromatic amines is 1. The van der Waals surface area contributed by atoms with E-state index in [2.05, 4.69) is 15.0 Å². The number of sulfonamides is 1. The van der Waals surface area contributed by atoms with Gasteiger partial charge in [0.15, 0.2) is 0 Å². The third-order valence-electron chi connectivity index (χ3n) is 3.27. The summed E-state index contributed by atoms with van der Waals surface area (Å²) in [6.07, 6.45) is 3.44. The lowest BCUT2D eigenvalue weighted by atomic mass is 10.1. The molecule has 0 atom stereocenters. The first kappa shape index (κ1) is 13.6. The van der Waals surface area contributed by atoms with Crippen LogP contribution in [0.3, 0.4) is 0 Å². The molecule has 21 heavy (non-hydrogen) atoms. The maximum atomic E-state index is 12.0. The molecule has 0 saturated carbocycles. The number of nitrogens with one attached hydrogen (secondary N) is 3. The summed E-state index contributed by atoms with van der Waals surface area (Å²) >= 11 is 0. The topological polar surface area (TPSA) is 91.1 Å². The summed E-state index contributed by atoms with van der Waals surface area (Å²) < 4.78 is 26.0. The number of anilines is 1. The standard InChI is InChI=1S/C14H13N3O3S/c1-15-21(19,20)10-4-5-13-11(8-10)12(14(18)17-13)7-9-3-2-6-16-9/h2-8,15-16H,1H3,(H,17,18)/b12-7-. The predicted octanol–water partition coefficient (Wildman–Crippen LogP) is 1.42. The van der Waals surface area contributed by atoms with E-state index in [9.17, 15) is 13.2 Å². The van der Waals surface area contributed by atoms with Gasteiger partial charge in [-0.3, -0.25) is 4.79 Å². The second-order valence-corrected chi connectivity index (χ2v) is 6.44. The van der Waals surface area contributed by atoms with Gasteiger partial charge in [-0.05, 0) is 43.5 Å². The molecule has 0 saturated heterocycles. The Kier molecular flexibility index (Phi) is 3.15. The van der Waals surface area contributed by atoms with E-state index in [1.807, 2.05) is 12.1 Å². The number of aromatic nitrogens is 1. The van der Waals surface area contributed by atoms with Crippen molar-refractivity contribution in [2.45, 2.75) is 4.90 Å². The van der Waals surface area contributed by atoms with Crippen LogP contribution in [-0.2, 0) is 14.8 Å². The van der Waals surface area contributed by atoms with Crippen molar-refractivity contribution in [3.8, 4) is 0 Å². The molecule has 0 spiro atoms. The minimum absolute atomic E-state index is 0.123. The summed E-state index contributed by atoms with van der Waals surface area (Å²) in [5, 5.41) is 2.72. The van der Waals surface area contributed by atoms with Crippen LogP contribution in [0, 0.1) is 0 Å². The SMILES string of the molecule is CNS(=O)(=O)c1ccc2c(c1)/C(=C/c1ccc[nH]1)C(=O)N2. The van der Waals surface area contributed by atoms with Gasteiger partial charge in [-0.2, -0.15) is 0 Å². The van der Waals surface area contributed by atoms with E-state index < -0.39 is 10.0 Å². The minimum atomic E-state index is -3.55. The number of H-pyrrole nitrogens is 1. The number of hydrogen-bond acceptors (Lipinski definition) is 3. The lowest BCUT2D eigenvalue weighted by molar-refractivity contribution is -0.110. The van der Waals surface area contributed by atoms with Gasteiger partial charge in [0.1, 0.15) is 0 Å². The highest BCUT2D eigenvalue weighted by atomic mass is 32.2. The van der Waals surface area contributed by atoms with Gasteiger partial charge in [-0.15, -0.1) is 0 Å². The largest absolute Gasteiger partial charge is 0.362 e. The van der Waals surface area contributed by atoms with Crippen molar-refractivity contribution in [1.29, 1.82) is 0 Å². The fraction of sp³-hybridized carbons (Fsp3) is 0.0714. The zero-order valence-electron chi connectivity index (χ0n) is 11.2. The van der Waals surface area contributed by atoms with Crippen molar-refractivity contribution >= 4 is 33.3 Å². The van der Waals surface area contributed by atoms with Crippen LogP contribution in [0.1, 0.15) is 11.3 Å². The molecule has 3 rings (SSSR count). The summed E-state index contributed by atoms with van der Waals surface area (Å²) in [5.74, 6) is -0.251. The molecule has 108 valence electrons. The van der Waals surface area contributed by atoms with Gasteiger partial charge in [-0.25, -0.2) is 13.1 Å². The highest BCUT2D eigenvalue weighted by Crippen LogP contribution is 2.34. The van der Waals surface area contributed by atoms with Crippen molar-refractivity contribution in [1.82, 2.24) is 9.71 Å². The lowest BCUT2D eigenvalue weighted by Crippen LogP contribution is -2.18. The van der Waals surface area contributed by atoms with Crippen LogP contribution in [0.25, 0.3) is 11.6 Å². The molecule has 3 N–H and O–H groups in total. The number of amides is 1. The number of hydrogen-bond donors (Lipinski definition) is 3. The van der Waals surface area contributed by atoms with Crippen LogP contribution < -0.4 is 10.0 Å². The first-order valence-corrected chi connectivity index (χ1v) is 7.74. The van der Waals surface area contributed by atoms with E-state index in [1.165, 1.54) is 19.2 Å². The van der Waals surface area contributed by atoms with E-state index in [-0.39, 0.29) is 10.8 Å². The molecule has 0 aliphatic carbocycles. The first-order chi connectivity index (χ1) is 10.0. The van der Waals surface area contributed by atoms with Crippen molar-refractivity contribution in [3.05, 3.63) is 47.8 Å². The fourth-order valence-electron chi connectivity index (χ4n) is 2.18. The molecule has 0 unspecified atom stereocenters. The van der Waals surface area contributed by atoms with Crippen molar-refractivity contribution in [2.24, 2.45) is 0 Å². The highest BCUT2D eigenvalue weighted by molar-refractivity contribution is 7.89. The summed E-state index contributed by atoms with van der Waals surface area (Å²) in [6, 6.07) is 8.19. The Morgan fingerprint density at radius 1 is 1.24 bits per heavy atom. The molecule has 0 bridgehead atoms. The summed E-state index contributed by atoms with van der Waals surface area (Å²) in [6.45, 7) is 0. The average Bonchev–Trinajstić information content (AvgIpc) is 3.08. The number of benzene rings is 1. The smallest absolute Gasteiger partial charge is 0.256 e. The van der Waals surface area contributed by atoms with Crippen LogP contribution >= 0.6 is 0 Å². The van der Waals surface area contributed by atoms with Crippen LogP contribution in [0.4, 0.5) is 5.69 Å². The minimum Gasteiger partial charge on any atom is -0.362 e. The van der Waals surface area contributed by atoms with E-state index in [0.29, 0.717) is 16.8 Å². The van der Waals surface area contributed by atoms with Gasteiger partial charge in [0.25, 0.3) is 5.91 Å². The first-order valence-electron chi connectivity index (χ1n) is 6.26. The molecule has 0 fully saturated rings. The molecule has 0 radical (unpaired) electrons. The van der Waals surface area contributed by atoms with Gasteiger partial charge in [0, 0.05) is 23.1 Å². The van der Waals surface area contributed by atoms with E-state index >= 15 is 0 Å². The molecule has 7 heteroatoms. The van der Waals surface area contributed by atoms with E-state index in [1.54, 1.807) is 18.3 Å². The predicted molar refractivity (Wildman–Crippen MR) is 80.0 cm³/mol. The van der Waals surface area contributed by atoms with Crippen LogP contribution in [-0.4, -0.2) is 26.4 Å². The second-order valence-electron chi connectivity index (χ2n) is 4.55. The fourth-order valence-corrected chi connectivity index (χ4v) is 2.94. The third-order valence-corrected chi connectivity index (χ3v) is 4.69. The summed E-state index contributed by atoms with van der Waals surface area (Å²) in [5.41, 5.74) is 2.38. The Balaban J connectivity index is 2.13. The van der Waals surface area contributed by atoms with Crippen LogP contribution in [0.2, 0.25) is 0 Å². The number of carbonyl (C=O) groups is 1. The van der Waals surface area contributed by atoms with E-state index in [4.69, 9.17) is 0 Å². The van der Waals surface area contributed by atoms with Gasteiger partial charge in [0.2, 0.25) is 10.0 Å². The molecule has 1 aromatic carbocycles. The molecular weight excluding hydrogens is 290 g/mol. The number of fused-ring (bicyclic) bond motifs is 1. The van der Waals surface area contributed by atoms with Crippen molar-refractivity contribution in [2.75, 3.05) is 12.4 Å². The Morgan fingerprint density at radius 3 is 2.71 bits per heavy atom. The van der Waals surface area contributed by atoms with Gasteiger partial charge in [-0.1, -0.05) is 0 Å². The lowest BCUT2D eigenvalue weighted by Gasteiger charge is -2.05. The molecule has 1 aliphatic heterocycles. The normalized spacial score (nSPS) is 16.0. The Morgan fingerprint density at radius 2 is 2.05 bits per heavy atom. The maximum Gasteiger partial charge on any atom is 0.256 e. The molecule has 1 amide bonds. The quantitative estimate of drug-likeness (QED) is 0.749. The van der Waals surface area contributed by atoms with Crippen molar-refractivity contribution < 1.29 is 13.2 Å². The Bertz CT molecular complexity index is 836. The van der Waals surface area contributed by atoms with Crippen LogP contribution in [0.5, 0.6) is 0 Å². The molecule has 2 heterocycles. The second kappa shape index (κ2) is 4.87. The number of rotatable bonds is 3. The zero-order valence-corrected chi connectivity index (χ0v) is 12.0. The van der Waals surface area contributed by atoms with Gasteiger partial charge < -0.3 is 10.3 Å². The zero-order chi connectivity index (χ0) is 15.0. The molecule has 2 aromatic rings. The van der Waals surface area contributed by atoms with E-state index in [0.717, 1.165) is 5.69 Å². The maximum absolute atomic E-state index is 12.0. The summed E-state index contributed by atoms with van der Waals surface area (Å²) in [7, 11) is -2.20. The van der Waals surface area contributed by atoms with Crippen molar-refractivity contribution in [3.63, 3.8) is 0 Å². The summed E-state index contributed by atoms with van der Waals surface area (Å²) in [4.78, 5) is 15.1. The average molecular weight is 303 g/mol. The molecule has 1 aliphatic rings. The third kappa shape index (κ3) is 2.37. The van der Waals surface area contributed by atoms with Crippen LogP contribution in [0.15, 0.2) is 41.4 Å². The van der Waals surface area contributed by atoms with Gasteiger partial charge in [0.05, 0.1) is 10.5 Å². The number of carbonyl (C=O) groups excluding carboxylic acids is 1. The highest BCUT2D eigenvalue weighted by Gasteiger charge is 2.26. The molecule has 1 aromatic heterocycles. The Hall–Kier alpha value is -2.38. The monoisotopic (exact) mass is 303 g/mol. The molecule has 6 nitrogen and oxygen atoms in total. The van der Waals surface area contributed by atoms with Gasteiger partial charge >= 0.3 is 0 Å².